The molecule has 1 unspecified atom stereocenters. The number of anilines is 2. The molecular weight excluding hydrogens is 348 g/mol. The quantitative estimate of drug-likeness (QED) is 0.504. The number of likely N-dealkylation sites (N-methyl/N-ethyl adjacent to an activating group) is 1. The summed E-state index contributed by atoms with van der Waals surface area (Å²) in [5.41, 5.74) is 3.30. The number of hydrogen-bond donors (Lipinski definition) is 3. The molecule has 27 heavy (non-hydrogen) atoms. The van der Waals surface area contributed by atoms with Crippen molar-refractivity contribution in [2.24, 2.45) is 0 Å². The van der Waals surface area contributed by atoms with Gasteiger partial charge >= 0.3 is 0 Å². The number of amides is 2. The smallest absolute Gasteiger partial charge is 0.279 e. The Labute approximate surface area is 157 Å². The summed E-state index contributed by atoms with van der Waals surface area (Å²) in [6, 6.07) is 11.3. The minimum atomic E-state index is -0.502. The maximum Gasteiger partial charge on any atom is 0.279 e. The number of non-ortho nitro benzene ring substituents is 1. The maximum atomic E-state index is 12.2. The monoisotopic (exact) mass is 371 g/mol. The highest BCUT2D eigenvalue weighted by Crippen LogP contribution is 2.17. The van der Waals surface area contributed by atoms with Gasteiger partial charge in [-0.1, -0.05) is 12.1 Å². The van der Waals surface area contributed by atoms with Gasteiger partial charge in [0, 0.05) is 23.5 Å². The molecule has 0 saturated heterocycles. The summed E-state index contributed by atoms with van der Waals surface area (Å²) in [5, 5.41) is 16.2. The van der Waals surface area contributed by atoms with Crippen LogP contribution in [-0.2, 0) is 9.59 Å². The highest BCUT2D eigenvalue weighted by molar-refractivity contribution is 5.93. The van der Waals surface area contributed by atoms with Crippen LogP contribution < -0.4 is 15.5 Å². The third-order valence-electron chi connectivity index (χ3n) is 4.17. The van der Waals surface area contributed by atoms with E-state index in [9.17, 15) is 19.7 Å². The van der Waals surface area contributed by atoms with Gasteiger partial charge in [-0.2, -0.15) is 0 Å². The lowest BCUT2D eigenvalue weighted by Gasteiger charge is -2.15. The van der Waals surface area contributed by atoms with Crippen LogP contribution in [0.3, 0.4) is 0 Å². The number of nitro groups is 1. The summed E-state index contributed by atoms with van der Waals surface area (Å²) in [6.07, 6.45) is 0. The molecule has 8 nitrogen and oxygen atoms in total. The molecule has 2 aromatic carbocycles. The number of aryl methyl sites for hydroxylation is 1. The normalized spacial score (nSPS) is 11.5. The summed E-state index contributed by atoms with van der Waals surface area (Å²) in [4.78, 5) is 35.1. The molecule has 1 atom stereocenters. The van der Waals surface area contributed by atoms with Crippen LogP contribution in [0.4, 0.5) is 17.1 Å². The highest BCUT2D eigenvalue weighted by Gasteiger charge is 2.15. The molecule has 2 rings (SSSR count). The number of rotatable bonds is 7. The Morgan fingerprint density at radius 3 is 2.19 bits per heavy atom. The standard InChI is InChI=1S/C19H22N4O4/c1-13-5-4-6-17(14(13)2)21-19(25)12-22(3)11-18(24)20-15-7-9-16(10-8-15)23(26)27/h4-10H,11-12H2,1-3H3,(H,20,24)(H,21,25)/p+1. The number of nitrogens with one attached hydrogen (secondary N) is 3. The number of nitrogens with zero attached hydrogens (tertiary/aromatic N) is 1. The first-order chi connectivity index (χ1) is 12.8. The molecular formula is C19H23N4O4+. The molecule has 3 N–H and O–H groups in total. The van der Waals surface area contributed by atoms with Gasteiger partial charge in [0.25, 0.3) is 17.5 Å². The maximum absolute atomic E-state index is 12.2. The third-order valence-corrected chi connectivity index (χ3v) is 4.17. The van der Waals surface area contributed by atoms with E-state index in [1.54, 1.807) is 7.05 Å². The van der Waals surface area contributed by atoms with E-state index in [1.165, 1.54) is 24.3 Å². The highest BCUT2D eigenvalue weighted by atomic mass is 16.6. The SMILES string of the molecule is Cc1cccc(NC(=O)C[NH+](C)CC(=O)Nc2ccc([N+](=O)[O-])cc2)c1C. The predicted octanol–water partition coefficient (Wildman–Crippen LogP) is 1.30. The molecule has 0 bridgehead atoms. The first kappa shape index (κ1) is 20.1. The predicted molar refractivity (Wildman–Crippen MR) is 103 cm³/mol. The average molecular weight is 371 g/mol. The summed E-state index contributed by atoms with van der Waals surface area (Å²) < 4.78 is 0. The molecule has 0 aliphatic carbocycles. The van der Waals surface area contributed by atoms with Gasteiger partial charge in [0.05, 0.1) is 12.0 Å². The topological polar surface area (TPSA) is 106 Å². The molecule has 0 saturated carbocycles. The fraction of sp³-hybridized carbons (Fsp3) is 0.263. The van der Waals surface area contributed by atoms with Crippen molar-refractivity contribution in [3.63, 3.8) is 0 Å². The molecule has 0 heterocycles. The van der Waals surface area contributed by atoms with Crippen LogP contribution in [0, 0.1) is 24.0 Å². The van der Waals surface area contributed by atoms with Crippen molar-refractivity contribution in [2.45, 2.75) is 13.8 Å². The van der Waals surface area contributed by atoms with E-state index in [2.05, 4.69) is 10.6 Å². The average Bonchev–Trinajstić information content (AvgIpc) is 2.59. The second-order valence-corrected chi connectivity index (χ2v) is 6.46. The molecule has 0 aliphatic heterocycles. The summed E-state index contributed by atoms with van der Waals surface area (Å²) in [5.74, 6) is -0.453. The van der Waals surface area contributed by atoms with Crippen molar-refractivity contribution in [1.82, 2.24) is 0 Å². The Morgan fingerprint density at radius 2 is 1.59 bits per heavy atom. The van der Waals surface area contributed by atoms with Crippen LogP contribution in [0.2, 0.25) is 0 Å². The van der Waals surface area contributed by atoms with Crippen molar-refractivity contribution in [1.29, 1.82) is 0 Å². The zero-order valence-electron chi connectivity index (χ0n) is 15.5. The van der Waals surface area contributed by atoms with Crippen molar-refractivity contribution in [3.8, 4) is 0 Å². The van der Waals surface area contributed by atoms with Crippen molar-refractivity contribution in [2.75, 3.05) is 30.8 Å². The van der Waals surface area contributed by atoms with Crippen molar-refractivity contribution < 1.29 is 19.4 Å². The van der Waals surface area contributed by atoms with Crippen molar-refractivity contribution in [3.05, 3.63) is 63.7 Å². The Hall–Kier alpha value is -3.26. The van der Waals surface area contributed by atoms with Gasteiger partial charge in [0.15, 0.2) is 13.1 Å². The Balaban J connectivity index is 1.84. The number of carbonyl (C=O) groups is 2. The summed E-state index contributed by atoms with van der Waals surface area (Å²) in [7, 11) is 1.75. The van der Waals surface area contributed by atoms with Crippen LogP contribution >= 0.6 is 0 Å². The number of nitro benzene ring substituents is 1. The van der Waals surface area contributed by atoms with Crippen LogP contribution in [0.5, 0.6) is 0 Å². The third kappa shape index (κ3) is 5.89. The van der Waals surface area contributed by atoms with Gasteiger partial charge in [-0.05, 0) is 43.2 Å². The van der Waals surface area contributed by atoms with Gasteiger partial charge in [0.2, 0.25) is 0 Å². The minimum absolute atomic E-state index is 0.0427. The summed E-state index contributed by atoms with van der Waals surface area (Å²) >= 11 is 0. The first-order valence-corrected chi connectivity index (χ1v) is 8.48. The minimum Gasteiger partial charge on any atom is -0.322 e. The second-order valence-electron chi connectivity index (χ2n) is 6.46. The summed E-state index contributed by atoms with van der Waals surface area (Å²) in [6.45, 7) is 4.16. The van der Waals surface area contributed by atoms with E-state index in [4.69, 9.17) is 0 Å². The fourth-order valence-corrected chi connectivity index (χ4v) is 2.56. The molecule has 0 fully saturated rings. The lowest BCUT2D eigenvalue weighted by molar-refractivity contribution is -0.862. The molecule has 0 radical (unpaired) electrons. The Bertz CT molecular complexity index is 849. The number of benzene rings is 2. The first-order valence-electron chi connectivity index (χ1n) is 8.48. The van der Waals surface area contributed by atoms with E-state index < -0.39 is 4.92 Å². The fourth-order valence-electron chi connectivity index (χ4n) is 2.56. The molecule has 0 aromatic heterocycles. The number of carbonyl (C=O) groups excluding carboxylic acids is 2. The van der Waals surface area contributed by atoms with Crippen molar-refractivity contribution >= 4 is 28.9 Å². The van der Waals surface area contributed by atoms with Gasteiger partial charge in [-0.25, -0.2) is 0 Å². The van der Waals surface area contributed by atoms with E-state index in [-0.39, 0.29) is 30.6 Å². The van der Waals surface area contributed by atoms with Crippen LogP contribution in [0.15, 0.2) is 42.5 Å². The molecule has 8 heteroatoms. The van der Waals surface area contributed by atoms with Gasteiger partial charge in [-0.15, -0.1) is 0 Å². The molecule has 2 amide bonds. The lowest BCUT2D eigenvalue weighted by atomic mass is 10.1. The van der Waals surface area contributed by atoms with Crippen LogP contribution in [0.1, 0.15) is 11.1 Å². The van der Waals surface area contributed by atoms with Crippen LogP contribution in [-0.4, -0.2) is 36.9 Å². The zero-order chi connectivity index (χ0) is 20.0. The van der Waals surface area contributed by atoms with Gasteiger partial charge < -0.3 is 15.5 Å². The van der Waals surface area contributed by atoms with E-state index >= 15 is 0 Å². The van der Waals surface area contributed by atoms with Crippen LogP contribution in [0.25, 0.3) is 0 Å². The zero-order valence-corrected chi connectivity index (χ0v) is 15.5. The number of quaternary nitrogens is 1. The lowest BCUT2D eigenvalue weighted by Crippen LogP contribution is -3.11. The molecule has 2 aromatic rings. The number of hydrogen-bond acceptors (Lipinski definition) is 4. The molecule has 0 spiro atoms. The van der Waals surface area contributed by atoms with Gasteiger partial charge in [-0.3, -0.25) is 19.7 Å². The van der Waals surface area contributed by atoms with E-state index in [0.29, 0.717) is 5.69 Å². The van der Waals surface area contributed by atoms with Gasteiger partial charge in [0.1, 0.15) is 0 Å². The Morgan fingerprint density at radius 1 is 1.00 bits per heavy atom. The second kappa shape index (κ2) is 8.91. The molecule has 0 aliphatic rings. The molecule has 142 valence electrons. The van der Waals surface area contributed by atoms with E-state index in [1.807, 2.05) is 32.0 Å². The Kier molecular flexibility index (Phi) is 6.62. The van der Waals surface area contributed by atoms with E-state index in [0.717, 1.165) is 21.7 Å². The largest absolute Gasteiger partial charge is 0.322 e.